The largest absolute Gasteiger partial charge is 0.352 e. The predicted octanol–water partition coefficient (Wildman–Crippen LogP) is 2.14. The summed E-state index contributed by atoms with van der Waals surface area (Å²) in [6.45, 7) is 2.04. The Hall–Kier alpha value is -1.82. The van der Waals surface area contributed by atoms with Crippen molar-refractivity contribution < 1.29 is 18.0 Å². The van der Waals surface area contributed by atoms with Gasteiger partial charge in [0.15, 0.2) is 17.5 Å². The van der Waals surface area contributed by atoms with E-state index < -0.39 is 28.9 Å². The molecule has 2 rings (SSSR count). The quantitative estimate of drug-likeness (QED) is 0.657. The van der Waals surface area contributed by atoms with Gasteiger partial charge in [-0.2, -0.15) is 0 Å². The maximum absolute atomic E-state index is 13.4. The van der Waals surface area contributed by atoms with Crippen LogP contribution in [0, 0.1) is 17.5 Å². The number of halogens is 3. The molecule has 1 aromatic rings. The van der Waals surface area contributed by atoms with Crippen molar-refractivity contribution in [2.45, 2.75) is 12.8 Å². The van der Waals surface area contributed by atoms with E-state index in [9.17, 15) is 18.0 Å². The third-order valence-electron chi connectivity index (χ3n) is 3.17. The number of carbonyl (C=O) groups is 1. The summed E-state index contributed by atoms with van der Waals surface area (Å²) in [4.78, 5) is 11.7. The molecule has 0 atom stereocenters. The molecule has 20 heavy (non-hydrogen) atoms. The Morgan fingerprint density at radius 2 is 2.05 bits per heavy atom. The molecule has 0 fully saturated rings. The highest BCUT2D eigenvalue weighted by Gasteiger charge is 2.18. The Bertz CT molecular complexity index is 543. The molecule has 3 nitrogen and oxygen atoms in total. The Balaban J connectivity index is 1.92. The lowest BCUT2D eigenvalue weighted by atomic mass is 10.1. The summed E-state index contributed by atoms with van der Waals surface area (Å²) < 4.78 is 39.2. The third kappa shape index (κ3) is 3.39. The van der Waals surface area contributed by atoms with E-state index in [0.29, 0.717) is 13.0 Å². The first kappa shape index (κ1) is 14.6. The SMILES string of the molecule is O=C(NCCC1=CCNCC1)c1ccc(F)c(F)c1F. The molecular weight excluding hydrogens is 269 g/mol. The van der Waals surface area contributed by atoms with Crippen molar-refractivity contribution in [2.75, 3.05) is 19.6 Å². The monoisotopic (exact) mass is 284 g/mol. The molecule has 0 bridgehead atoms. The molecule has 6 heteroatoms. The van der Waals surface area contributed by atoms with Gasteiger partial charge in [0, 0.05) is 13.1 Å². The molecule has 0 aromatic heterocycles. The second-order valence-corrected chi connectivity index (χ2v) is 4.55. The van der Waals surface area contributed by atoms with Crippen LogP contribution in [0.1, 0.15) is 23.2 Å². The molecule has 1 amide bonds. The van der Waals surface area contributed by atoms with Gasteiger partial charge >= 0.3 is 0 Å². The van der Waals surface area contributed by atoms with Gasteiger partial charge in [0.1, 0.15) is 0 Å². The first-order valence-corrected chi connectivity index (χ1v) is 6.40. The Morgan fingerprint density at radius 3 is 2.75 bits per heavy atom. The van der Waals surface area contributed by atoms with Crippen LogP contribution in [0.2, 0.25) is 0 Å². The standard InChI is InChI=1S/C14H15F3N2O/c15-11-2-1-10(12(16)13(11)17)14(20)19-8-5-9-3-6-18-7-4-9/h1-3,18H,4-8H2,(H,19,20). The molecule has 1 heterocycles. The maximum Gasteiger partial charge on any atom is 0.254 e. The minimum Gasteiger partial charge on any atom is -0.352 e. The zero-order chi connectivity index (χ0) is 14.5. The molecular formula is C14H15F3N2O. The molecule has 1 aliphatic rings. The van der Waals surface area contributed by atoms with Crippen LogP contribution in [0.25, 0.3) is 0 Å². The highest BCUT2D eigenvalue weighted by atomic mass is 19.2. The van der Waals surface area contributed by atoms with E-state index in [1.165, 1.54) is 5.57 Å². The van der Waals surface area contributed by atoms with Crippen LogP contribution in [0.15, 0.2) is 23.8 Å². The van der Waals surface area contributed by atoms with Crippen molar-refractivity contribution in [2.24, 2.45) is 0 Å². The van der Waals surface area contributed by atoms with Gasteiger partial charge in [-0.05, 0) is 31.5 Å². The minimum atomic E-state index is -1.63. The summed E-state index contributed by atoms with van der Waals surface area (Å²) in [6.07, 6.45) is 3.63. The normalized spacial score (nSPS) is 14.8. The molecule has 108 valence electrons. The topological polar surface area (TPSA) is 41.1 Å². The molecule has 2 N–H and O–H groups in total. The van der Waals surface area contributed by atoms with Crippen LogP contribution in [0.3, 0.4) is 0 Å². The van der Waals surface area contributed by atoms with Gasteiger partial charge in [0.25, 0.3) is 5.91 Å². The molecule has 1 aromatic carbocycles. The van der Waals surface area contributed by atoms with Crippen LogP contribution in [0.4, 0.5) is 13.2 Å². The Morgan fingerprint density at radius 1 is 1.25 bits per heavy atom. The first-order valence-electron chi connectivity index (χ1n) is 6.40. The Kier molecular flexibility index (Phi) is 4.79. The number of hydrogen-bond donors (Lipinski definition) is 2. The number of nitrogens with one attached hydrogen (secondary N) is 2. The van der Waals surface area contributed by atoms with Crippen molar-refractivity contribution >= 4 is 5.91 Å². The van der Waals surface area contributed by atoms with Gasteiger partial charge in [-0.15, -0.1) is 0 Å². The van der Waals surface area contributed by atoms with E-state index in [1.54, 1.807) is 0 Å². The van der Waals surface area contributed by atoms with Gasteiger partial charge in [-0.1, -0.05) is 11.6 Å². The zero-order valence-electron chi connectivity index (χ0n) is 10.8. The van der Waals surface area contributed by atoms with Crippen molar-refractivity contribution in [1.82, 2.24) is 10.6 Å². The second kappa shape index (κ2) is 6.56. The van der Waals surface area contributed by atoms with Gasteiger partial charge < -0.3 is 10.6 Å². The van der Waals surface area contributed by atoms with Crippen LogP contribution >= 0.6 is 0 Å². The average molecular weight is 284 g/mol. The maximum atomic E-state index is 13.4. The van der Waals surface area contributed by atoms with E-state index in [1.807, 2.05) is 6.08 Å². The van der Waals surface area contributed by atoms with Crippen LogP contribution in [-0.2, 0) is 0 Å². The summed E-state index contributed by atoms with van der Waals surface area (Å²) in [7, 11) is 0. The fraction of sp³-hybridized carbons (Fsp3) is 0.357. The van der Waals surface area contributed by atoms with Crippen molar-refractivity contribution in [3.05, 3.63) is 46.8 Å². The molecule has 0 unspecified atom stereocenters. The first-order chi connectivity index (χ1) is 9.59. The van der Waals surface area contributed by atoms with Crippen molar-refractivity contribution in [1.29, 1.82) is 0 Å². The van der Waals surface area contributed by atoms with Gasteiger partial charge in [0.05, 0.1) is 5.56 Å². The number of hydrogen-bond acceptors (Lipinski definition) is 2. The summed E-state index contributed by atoms with van der Waals surface area (Å²) in [6, 6.07) is 1.68. The number of rotatable bonds is 4. The van der Waals surface area contributed by atoms with Crippen molar-refractivity contribution in [3.8, 4) is 0 Å². The molecule has 0 saturated carbocycles. The summed E-state index contributed by atoms with van der Waals surface area (Å²) in [5, 5.41) is 5.67. The number of carbonyl (C=O) groups excluding carboxylic acids is 1. The van der Waals surface area contributed by atoms with Crippen LogP contribution in [0.5, 0.6) is 0 Å². The summed E-state index contributed by atoms with van der Waals surface area (Å²) >= 11 is 0. The molecule has 0 aliphatic carbocycles. The van der Waals surface area contributed by atoms with Crippen LogP contribution in [-0.4, -0.2) is 25.5 Å². The van der Waals surface area contributed by atoms with E-state index in [-0.39, 0.29) is 0 Å². The lowest BCUT2D eigenvalue weighted by molar-refractivity contribution is 0.0948. The van der Waals surface area contributed by atoms with Gasteiger partial charge in [-0.3, -0.25) is 4.79 Å². The van der Waals surface area contributed by atoms with E-state index in [4.69, 9.17) is 0 Å². The fourth-order valence-corrected chi connectivity index (χ4v) is 2.03. The van der Waals surface area contributed by atoms with E-state index in [2.05, 4.69) is 10.6 Å². The van der Waals surface area contributed by atoms with Gasteiger partial charge in [-0.25, -0.2) is 13.2 Å². The second-order valence-electron chi connectivity index (χ2n) is 4.55. The number of amides is 1. The van der Waals surface area contributed by atoms with E-state index >= 15 is 0 Å². The van der Waals surface area contributed by atoms with Crippen LogP contribution < -0.4 is 10.6 Å². The molecule has 0 radical (unpaired) electrons. The zero-order valence-corrected chi connectivity index (χ0v) is 10.8. The predicted molar refractivity (Wildman–Crippen MR) is 68.8 cm³/mol. The summed E-state index contributed by atoms with van der Waals surface area (Å²) in [5.41, 5.74) is 0.734. The number of benzene rings is 1. The highest BCUT2D eigenvalue weighted by molar-refractivity contribution is 5.94. The van der Waals surface area contributed by atoms with E-state index in [0.717, 1.165) is 31.6 Å². The average Bonchev–Trinajstić information content (AvgIpc) is 2.46. The Labute approximate surface area is 114 Å². The lowest BCUT2D eigenvalue weighted by Gasteiger charge is -2.14. The third-order valence-corrected chi connectivity index (χ3v) is 3.17. The molecule has 0 spiro atoms. The fourth-order valence-electron chi connectivity index (χ4n) is 2.03. The molecule has 1 aliphatic heterocycles. The van der Waals surface area contributed by atoms with Gasteiger partial charge in [0.2, 0.25) is 0 Å². The van der Waals surface area contributed by atoms with Crippen molar-refractivity contribution in [3.63, 3.8) is 0 Å². The highest BCUT2D eigenvalue weighted by Crippen LogP contribution is 2.15. The minimum absolute atomic E-state index is 0.336. The lowest BCUT2D eigenvalue weighted by Crippen LogP contribution is -2.27. The summed E-state index contributed by atoms with van der Waals surface area (Å²) in [5.74, 6) is -5.13. The smallest absolute Gasteiger partial charge is 0.254 e. The molecule has 0 saturated heterocycles.